The van der Waals surface area contributed by atoms with Crippen LogP contribution in [0, 0.1) is 16.2 Å². The van der Waals surface area contributed by atoms with Crippen molar-refractivity contribution in [1.29, 1.82) is 0 Å². The van der Waals surface area contributed by atoms with Crippen LogP contribution in [0.15, 0.2) is 11.1 Å². The molecule has 0 fully saturated rings. The molecule has 0 radical (unpaired) electrons. The molecule has 1 N–H and O–H groups in total. The van der Waals surface area contributed by atoms with E-state index < -0.39 is 6.04 Å². The molecule has 0 aromatic heterocycles. The number of nitrogens with one attached hydrogen (secondary N) is 1. The number of carbonyl (C=O) groups excluding carboxylic acids is 2. The molecule has 0 aromatic rings. The molecule has 0 bridgehead atoms. The molecule has 1 rings (SSSR count). The van der Waals surface area contributed by atoms with Crippen LogP contribution in [-0.2, 0) is 9.59 Å². The molecule has 0 aromatic carbocycles. The van der Waals surface area contributed by atoms with E-state index >= 15 is 0 Å². The minimum absolute atomic E-state index is 0.0644. The third kappa shape index (κ3) is 3.13. The van der Waals surface area contributed by atoms with Gasteiger partial charge in [-0.2, -0.15) is 0 Å². The van der Waals surface area contributed by atoms with Gasteiger partial charge in [0.2, 0.25) is 5.91 Å². The summed E-state index contributed by atoms with van der Waals surface area (Å²) in [7, 11) is 0. The first-order valence-electron chi connectivity index (χ1n) is 7.27. The van der Waals surface area contributed by atoms with Crippen LogP contribution in [0.25, 0.3) is 0 Å². The maximum atomic E-state index is 12.9. The van der Waals surface area contributed by atoms with Gasteiger partial charge in [0, 0.05) is 11.1 Å². The fraction of sp³-hybridized carbons (Fsp3) is 0.765. The van der Waals surface area contributed by atoms with Crippen LogP contribution >= 0.6 is 0 Å². The number of hydrogen-bond donors (Lipinski definition) is 1. The van der Waals surface area contributed by atoms with Crippen molar-refractivity contribution in [1.82, 2.24) is 5.32 Å². The Balaban J connectivity index is 3.58. The second-order valence-corrected chi connectivity index (χ2v) is 8.89. The highest BCUT2D eigenvalue weighted by Crippen LogP contribution is 2.41. The van der Waals surface area contributed by atoms with E-state index in [4.69, 9.17) is 0 Å². The Hall–Kier alpha value is -1.12. The van der Waals surface area contributed by atoms with E-state index in [1.807, 2.05) is 62.3 Å². The summed E-state index contributed by atoms with van der Waals surface area (Å²) in [6.45, 7) is 17.9. The minimum atomic E-state index is -0.449. The summed E-state index contributed by atoms with van der Waals surface area (Å²) in [4.78, 5) is 25.5. The second kappa shape index (κ2) is 4.71. The lowest BCUT2D eigenvalue weighted by molar-refractivity contribution is -0.130. The van der Waals surface area contributed by atoms with E-state index in [0.717, 1.165) is 0 Å². The zero-order valence-electron chi connectivity index (χ0n) is 14.4. The quantitative estimate of drug-likeness (QED) is 0.738. The number of Topliss-reactive ketones (excluding diaryl/α,β-unsaturated/α-hetero) is 1. The highest BCUT2D eigenvalue weighted by molar-refractivity contribution is 6.14. The van der Waals surface area contributed by atoms with Crippen molar-refractivity contribution in [3.63, 3.8) is 0 Å². The normalized spacial score (nSPS) is 22.1. The van der Waals surface area contributed by atoms with Crippen LogP contribution < -0.4 is 5.32 Å². The van der Waals surface area contributed by atoms with Crippen LogP contribution in [0.5, 0.6) is 0 Å². The van der Waals surface area contributed by atoms with E-state index in [1.54, 1.807) is 0 Å². The number of carbonyl (C=O) groups is 2. The molecule has 0 spiro atoms. The average Bonchev–Trinajstić information content (AvgIpc) is 2.14. The Morgan fingerprint density at radius 2 is 1.15 bits per heavy atom. The predicted octanol–water partition coefficient (Wildman–Crippen LogP) is 3.49. The molecule has 0 saturated carbocycles. The smallest absolute Gasteiger partial charge is 0.248 e. The zero-order chi connectivity index (χ0) is 16.1. The van der Waals surface area contributed by atoms with Gasteiger partial charge in [0.05, 0.1) is 6.04 Å². The Labute approximate surface area is 123 Å². The topological polar surface area (TPSA) is 46.2 Å². The fourth-order valence-corrected chi connectivity index (χ4v) is 2.72. The van der Waals surface area contributed by atoms with E-state index in [2.05, 4.69) is 5.32 Å². The summed E-state index contributed by atoms with van der Waals surface area (Å²) in [6, 6.07) is -0.449. The Bertz CT molecular complexity index is 465. The Morgan fingerprint density at radius 1 is 0.750 bits per heavy atom. The van der Waals surface area contributed by atoms with Crippen molar-refractivity contribution in [2.45, 2.75) is 68.4 Å². The van der Waals surface area contributed by atoms with Crippen LogP contribution in [0.2, 0.25) is 0 Å². The van der Waals surface area contributed by atoms with Crippen LogP contribution in [-0.4, -0.2) is 17.7 Å². The molecule has 1 amide bonds. The van der Waals surface area contributed by atoms with Crippen molar-refractivity contribution in [2.75, 3.05) is 0 Å². The van der Waals surface area contributed by atoms with Gasteiger partial charge in [-0.25, -0.2) is 0 Å². The first-order valence-corrected chi connectivity index (χ1v) is 7.27. The lowest BCUT2D eigenvalue weighted by Crippen LogP contribution is -2.56. The van der Waals surface area contributed by atoms with Crippen molar-refractivity contribution in [3.8, 4) is 0 Å². The molecule has 1 aliphatic rings. The molecule has 1 heterocycles. The fourth-order valence-electron chi connectivity index (χ4n) is 2.72. The lowest BCUT2D eigenvalue weighted by Gasteiger charge is -2.41. The van der Waals surface area contributed by atoms with Crippen LogP contribution in [0.4, 0.5) is 0 Å². The summed E-state index contributed by atoms with van der Waals surface area (Å²) in [6.07, 6.45) is 0. The van der Waals surface area contributed by atoms with E-state index in [9.17, 15) is 9.59 Å². The van der Waals surface area contributed by atoms with Gasteiger partial charge >= 0.3 is 0 Å². The van der Waals surface area contributed by atoms with Gasteiger partial charge < -0.3 is 5.32 Å². The summed E-state index contributed by atoms with van der Waals surface area (Å²) in [5.74, 6) is -0.0310. The van der Waals surface area contributed by atoms with Crippen molar-refractivity contribution in [3.05, 3.63) is 11.1 Å². The maximum absolute atomic E-state index is 12.9. The Morgan fingerprint density at radius 3 is 1.45 bits per heavy atom. The van der Waals surface area contributed by atoms with Gasteiger partial charge in [0.25, 0.3) is 0 Å². The summed E-state index contributed by atoms with van der Waals surface area (Å²) < 4.78 is 0. The molecule has 1 unspecified atom stereocenters. The third-order valence-corrected chi connectivity index (χ3v) is 3.63. The van der Waals surface area contributed by atoms with Crippen LogP contribution in [0.3, 0.4) is 0 Å². The lowest BCUT2D eigenvalue weighted by atomic mass is 9.67. The second-order valence-electron chi connectivity index (χ2n) is 8.89. The van der Waals surface area contributed by atoms with Gasteiger partial charge in [-0.3, -0.25) is 9.59 Å². The molecular weight excluding hydrogens is 250 g/mol. The van der Waals surface area contributed by atoms with Crippen LogP contribution in [0.1, 0.15) is 62.3 Å². The molecule has 3 nitrogen and oxygen atoms in total. The van der Waals surface area contributed by atoms with Gasteiger partial charge in [0.1, 0.15) is 0 Å². The molecule has 20 heavy (non-hydrogen) atoms. The Kier molecular flexibility index (Phi) is 3.99. The van der Waals surface area contributed by atoms with E-state index in [-0.39, 0.29) is 27.9 Å². The van der Waals surface area contributed by atoms with E-state index in [0.29, 0.717) is 11.1 Å². The van der Waals surface area contributed by atoms with Gasteiger partial charge in [-0.1, -0.05) is 62.3 Å². The monoisotopic (exact) mass is 279 g/mol. The van der Waals surface area contributed by atoms with Gasteiger partial charge in [-0.05, 0) is 16.2 Å². The van der Waals surface area contributed by atoms with Crippen molar-refractivity contribution < 1.29 is 9.59 Å². The zero-order valence-corrected chi connectivity index (χ0v) is 14.4. The average molecular weight is 279 g/mol. The highest BCUT2D eigenvalue weighted by Gasteiger charge is 2.46. The van der Waals surface area contributed by atoms with Crippen molar-refractivity contribution >= 4 is 11.7 Å². The first-order chi connectivity index (χ1) is 8.67. The number of amides is 1. The highest BCUT2D eigenvalue weighted by atomic mass is 16.2. The third-order valence-electron chi connectivity index (χ3n) is 3.63. The molecule has 1 aliphatic heterocycles. The SMILES string of the molecule is CC(C)(C)C1=C(C(C)(C)C)C(=O)C(C(C)(C)C)NC1=O. The maximum Gasteiger partial charge on any atom is 0.248 e. The molecule has 0 aliphatic carbocycles. The molecule has 3 heteroatoms. The largest absolute Gasteiger partial charge is 0.342 e. The first kappa shape index (κ1) is 16.9. The predicted molar refractivity (Wildman–Crippen MR) is 82.3 cm³/mol. The summed E-state index contributed by atoms with van der Waals surface area (Å²) >= 11 is 0. The molecule has 1 atom stereocenters. The standard InChI is InChI=1S/C17H29NO2/c1-15(2,3)10-11(16(4,5)6)14(20)18-13(12(10)19)17(7,8)9/h13H,1-9H3,(H,18,20). The molecule has 0 saturated heterocycles. The number of hydrogen-bond acceptors (Lipinski definition) is 2. The minimum Gasteiger partial charge on any atom is -0.342 e. The summed E-state index contributed by atoms with van der Waals surface area (Å²) in [5, 5.41) is 2.92. The van der Waals surface area contributed by atoms with Gasteiger partial charge in [-0.15, -0.1) is 0 Å². The summed E-state index contributed by atoms with van der Waals surface area (Å²) in [5.41, 5.74) is 0.364. The molecular formula is C17H29NO2. The van der Waals surface area contributed by atoms with Crippen molar-refractivity contribution in [2.24, 2.45) is 16.2 Å². The molecule has 114 valence electrons. The van der Waals surface area contributed by atoms with Gasteiger partial charge in [0.15, 0.2) is 5.78 Å². The number of ketones is 1. The number of rotatable bonds is 0. The van der Waals surface area contributed by atoms with E-state index in [1.165, 1.54) is 0 Å².